The first kappa shape index (κ1) is 20.3. The summed E-state index contributed by atoms with van der Waals surface area (Å²) in [7, 11) is -2.79. The van der Waals surface area contributed by atoms with E-state index < -0.39 is 16.0 Å². The van der Waals surface area contributed by atoms with Gasteiger partial charge < -0.3 is 14.7 Å². The molecule has 0 atom stereocenters. The van der Waals surface area contributed by atoms with Crippen molar-refractivity contribution in [2.75, 3.05) is 29.8 Å². The van der Waals surface area contributed by atoms with Gasteiger partial charge in [0.2, 0.25) is 0 Å². The van der Waals surface area contributed by atoms with Gasteiger partial charge in [-0.25, -0.2) is 13.2 Å². The number of sulfonamides is 1. The monoisotopic (exact) mass is 424 g/mol. The molecule has 0 aromatic heterocycles. The number of rotatable bonds is 6. The van der Waals surface area contributed by atoms with E-state index in [9.17, 15) is 18.3 Å². The second-order valence-corrected chi connectivity index (χ2v) is 8.57. The molecule has 0 spiro atoms. The summed E-state index contributed by atoms with van der Waals surface area (Å²) in [6.45, 7) is 1.66. The molecular formula is C19H21ClN2O5S. The highest BCUT2D eigenvalue weighted by molar-refractivity contribution is 7.92. The number of halogens is 1. The van der Waals surface area contributed by atoms with Gasteiger partial charge in [-0.1, -0.05) is 11.6 Å². The van der Waals surface area contributed by atoms with Crippen LogP contribution in [0, 0.1) is 0 Å². The zero-order valence-electron chi connectivity index (χ0n) is 15.3. The molecule has 2 aromatic carbocycles. The maximum atomic E-state index is 13.1. The van der Waals surface area contributed by atoms with Crippen LogP contribution in [-0.4, -0.2) is 39.7 Å². The smallest absolute Gasteiger partial charge is 0.335 e. The Balaban J connectivity index is 2.02. The molecule has 150 valence electrons. The van der Waals surface area contributed by atoms with E-state index in [2.05, 4.69) is 9.62 Å². The minimum Gasteiger partial charge on any atom is -0.495 e. The number of carboxylic acid groups (broad SMARTS) is 1. The van der Waals surface area contributed by atoms with Gasteiger partial charge in [-0.3, -0.25) is 4.72 Å². The van der Waals surface area contributed by atoms with Gasteiger partial charge in [0.05, 0.1) is 24.0 Å². The maximum Gasteiger partial charge on any atom is 0.335 e. The van der Waals surface area contributed by atoms with E-state index in [-0.39, 0.29) is 16.2 Å². The number of ether oxygens (including phenoxy) is 1. The topological polar surface area (TPSA) is 95.9 Å². The molecule has 0 radical (unpaired) electrons. The van der Waals surface area contributed by atoms with E-state index in [4.69, 9.17) is 16.3 Å². The van der Waals surface area contributed by atoms with Crippen molar-refractivity contribution >= 4 is 39.0 Å². The number of anilines is 2. The van der Waals surface area contributed by atoms with Crippen molar-refractivity contribution in [1.29, 1.82) is 0 Å². The third-order valence-electron chi connectivity index (χ3n) is 4.60. The van der Waals surface area contributed by atoms with Crippen LogP contribution in [0.2, 0.25) is 5.02 Å². The highest BCUT2D eigenvalue weighted by Crippen LogP contribution is 2.34. The molecule has 1 aliphatic rings. The summed E-state index contributed by atoms with van der Waals surface area (Å²) in [6.07, 6.45) is 3.21. The number of piperidine rings is 1. The number of benzene rings is 2. The van der Waals surface area contributed by atoms with Gasteiger partial charge in [0.15, 0.2) is 0 Å². The Morgan fingerprint density at radius 2 is 1.86 bits per heavy atom. The lowest BCUT2D eigenvalue weighted by Gasteiger charge is -2.30. The van der Waals surface area contributed by atoms with Gasteiger partial charge in [0, 0.05) is 18.1 Å². The summed E-state index contributed by atoms with van der Waals surface area (Å²) >= 11 is 6.10. The number of hydrogen-bond donors (Lipinski definition) is 2. The molecule has 1 aliphatic heterocycles. The minimum atomic E-state index is -4.11. The minimum absolute atomic E-state index is 0.0547. The number of nitrogens with zero attached hydrogens (tertiary/aromatic N) is 1. The van der Waals surface area contributed by atoms with Gasteiger partial charge >= 0.3 is 5.97 Å². The molecule has 0 amide bonds. The summed E-state index contributed by atoms with van der Waals surface area (Å²) in [5.41, 5.74) is 0.932. The van der Waals surface area contributed by atoms with Crippen molar-refractivity contribution in [3.63, 3.8) is 0 Å². The second-order valence-electron chi connectivity index (χ2n) is 6.49. The van der Waals surface area contributed by atoms with Gasteiger partial charge in [-0.05, 0) is 55.7 Å². The summed E-state index contributed by atoms with van der Waals surface area (Å²) in [5, 5.41) is 9.59. The maximum absolute atomic E-state index is 13.1. The zero-order chi connectivity index (χ0) is 20.3. The summed E-state index contributed by atoms with van der Waals surface area (Å²) in [4.78, 5) is 13.1. The fourth-order valence-corrected chi connectivity index (χ4v) is 4.65. The number of aromatic carboxylic acids is 1. The number of carbonyl (C=O) groups is 1. The van der Waals surface area contributed by atoms with E-state index in [1.807, 2.05) is 0 Å². The first-order chi connectivity index (χ1) is 13.3. The molecule has 1 heterocycles. The van der Waals surface area contributed by atoms with Crippen LogP contribution in [0.4, 0.5) is 11.4 Å². The number of nitrogens with one attached hydrogen (secondary N) is 1. The van der Waals surface area contributed by atoms with E-state index in [0.29, 0.717) is 10.7 Å². The second kappa shape index (κ2) is 8.28. The zero-order valence-corrected chi connectivity index (χ0v) is 16.9. The molecule has 1 fully saturated rings. The number of methoxy groups -OCH3 is 1. The Kier molecular flexibility index (Phi) is 6.00. The van der Waals surface area contributed by atoms with Crippen molar-refractivity contribution in [2.45, 2.75) is 24.2 Å². The predicted octanol–water partition coefficient (Wildman–Crippen LogP) is 3.84. The highest BCUT2D eigenvalue weighted by Gasteiger charge is 2.24. The normalized spacial score (nSPS) is 14.6. The van der Waals surface area contributed by atoms with Crippen LogP contribution in [0.3, 0.4) is 0 Å². The molecule has 7 nitrogen and oxygen atoms in total. The van der Waals surface area contributed by atoms with Gasteiger partial charge in [0.25, 0.3) is 10.0 Å². The quantitative estimate of drug-likeness (QED) is 0.731. The van der Waals surface area contributed by atoms with Crippen LogP contribution in [-0.2, 0) is 10.0 Å². The molecule has 3 rings (SSSR count). The van der Waals surface area contributed by atoms with Crippen LogP contribution >= 0.6 is 11.6 Å². The number of hydrogen-bond acceptors (Lipinski definition) is 5. The van der Waals surface area contributed by atoms with E-state index in [1.54, 1.807) is 18.2 Å². The average molecular weight is 425 g/mol. The summed E-state index contributed by atoms with van der Waals surface area (Å²) in [5.74, 6) is -1.17. The van der Waals surface area contributed by atoms with Gasteiger partial charge in [-0.2, -0.15) is 0 Å². The van der Waals surface area contributed by atoms with Gasteiger partial charge in [-0.15, -0.1) is 0 Å². The molecule has 9 heteroatoms. The molecule has 0 aliphatic carbocycles. The third kappa shape index (κ3) is 4.34. The van der Waals surface area contributed by atoms with Crippen molar-refractivity contribution in [1.82, 2.24) is 0 Å². The molecule has 1 saturated heterocycles. The van der Waals surface area contributed by atoms with Crippen LogP contribution < -0.4 is 14.4 Å². The molecule has 28 heavy (non-hydrogen) atoms. The lowest BCUT2D eigenvalue weighted by molar-refractivity contribution is 0.0696. The lowest BCUT2D eigenvalue weighted by atomic mass is 10.1. The fraction of sp³-hybridized carbons (Fsp3) is 0.316. The largest absolute Gasteiger partial charge is 0.495 e. The van der Waals surface area contributed by atoms with E-state index in [1.165, 1.54) is 19.2 Å². The SMILES string of the molecule is COc1ccc(C(=O)O)cc1S(=O)(=O)Nc1cc(Cl)ccc1N1CCCCC1. The molecule has 0 bridgehead atoms. The first-order valence-corrected chi connectivity index (χ1v) is 10.7. The van der Waals surface area contributed by atoms with Crippen molar-refractivity contribution in [2.24, 2.45) is 0 Å². The van der Waals surface area contributed by atoms with Gasteiger partial charge in [0.1, 0.15) is 10.6 Å². The van der Waals surface area contributed by atoms with Crippen LogP contribution in [0.15, 0.2) is 41.3 Å². The lowest BCUT2D eigenvalue weighted by Crippen LogP contribution is -2.30. The Labute approximate surface area is 168 Å². The molecule has 2 aromatic rings. The fourth-order valence-electron chi connectivity index (χ4n) is 3.22. The molecule has 0 saturated carbocycles. The Morgan fingerprint density at radius 3 is 2.50 bits per heavy atom. The van der Waals surface area contributed by atoms with Crippen molar-refractivity contribution in [3.8, 4) is 5.75 Å². The van der Waals surface area contributed by atoms with E-state index in [0.717, 1.165) is 44.1 Å². The Hall–Kier alpha value is -2.45. The molecule has 0 unspecified atom stereocenters. The number of carboxylic acids is 1. The first-order valence-electron chi connectivity index (χ1n) is 8.80. The summed E-state index contributed by atoms with van der Waals surface area (Å²) < 4.78 is 33.8. The predicted molar refractivity (Wildman–Crippen MR) is 108 cm³/mol. The molecule has 2 N–H and O–H groups in total. The van der Waals surface area contributed by atoms with Crippen LogP contribution in [0.5, 0.6) is 5.75 Å². The average Bonchev–Trinajstić information content (AvgIpc) is 2.68. The van der Waals surface area contributed by atoms with Crippen molar-refractivity contribution < 1.29 is 23.1 Å². The van der Waals surface area contributed by atoms with E-state index >= 15 is 0 Å². The van der Waals surface area contributed by atoms with Crippen molar-refractivity contribution in [3.05, 3.63) is 47.0 Å². The Morgan fingerprint density at radius 1 is 1.14 bits per heavy atom. The molecular weight excluding hydrogens is 404 g/mol. The Bertz CT molecular complexity index is 988. The van der Waals surface area contributed by atoms with Crippen LogP contribution in [0.25, 0.3) is 0 Å². The van der Waals surface area contributed by atoms with Crippen LogP contribution in [0.1, 0.15) is 29.6 Å². The third-order valence-corrected chi connectivity index (χ3v) is 6.22. The standard InChI is InChI=1S/C19H21ClN2O5S/c1-27-17-8-5-13(19(23)24)11-18(17)28(25,26)21-15-12-14(20)6-7-16(15)22-9-3-2-4-10-22/h5-8,11-12,21H,2-4,9-10H2,1H3,(H,23,24). The summed E-state index contributed by atoms with van der Waals surface area (Å²) in [6, 6.07) is 8.75. The highest BCUT2D eigenvalue weighted by atomic mass is 35.5.